The van der Waals surface area contributed by atoms with Crippen molar-refractivity contribution in [3.63, 3.8) is 0 Å². The monoisotopic (exact) mass is 388 g/mol. The average Bonchev–Trinajstić information content (AvgIpc) is 3.14. The molecule has 1 fully saturated rings. The van der Waals surface area contributed by atoms with E-state index in [9.17, 15) is 13.2 Å². The van der Waals surface area contributed by atoms with Crippen LogP contribution in [-0.4, -0.2) is 27.5 Å². The molecule has 1 aliphatic rings. The van der Waals surface area contributed by atoms with Crippen LogP contribution in [0, 0.1) is 6.92 Å². The van der Waals surface area contributed by atoms with Crippen LogP contribution in [0.15, 0.2) is 47.4 Å². The number of sulfonamides is 1. The zero-order valence-electron chi connectivity index (χ0n) is 15.5. The maximum absolute atomic E-state index is 12.6. The SMILES string of the molecule is COc1ccc(C)cc1NC(=O)c1cccc(S(=O)(=O)NC2CCCC2)c1. The number of benzene rings is 2. The van der Waals surface area contributed by atoms with Gasteiger partial charge < -0.3 is 10.1 Å². The molecule has 0 unspecified atom stereocenters. The van der Waals surface area contributed by atoms with Gasteiger partial charge in [0.15, 0.2) is 0 Å². The first-order valence-electron chi connectivity index (χ1n) is 8.97. The molecule has 1 amide bonds. The molecule has 0 aromatic heterocycles. The summed E-state index contributed by atoms with van der Waals surface area (Å²) in [6.45, 7) is 1.91. The van der Waals surface area contributed by atoms with E-state index in [1.54, 1.807) is 24.3 Å². The number of aryl methyl sites for hydroxylation is 1. The Labute approximate surface area is 160 Å². The number of carbonyl (C=O) groups excluding carboxylic acids is 1. The molecule has 0 saturated heterocycles. The van der Waals surface area contributed by atoms with Crippen LogP contribution in [0.3, 0.4) is 0 Å². The van der Waals surface area contributed by atoms with Gasteiger partial charge >= 0.3 is 0 Å². The Hall–Kier alpha value is -2.38. The molecule has 27 heavy (non-hydrogen) atoms. The summed E-state index contributed by atoms with van der Waals surface area (Å²) in [5.41, 5.74) is 1.79. The van der Waals surface area contributed by atoms with Gasteiger partial charge in [-0.2, -0.15) is 0 Å². The van der Waals surface area contributed by atoms with Crippen LogP contribution < -0.4 is 14.8 Å². The Morgan fingerprint density at radius 1 is 1.11 bits per heavy atom. The highest BCUT2D eigenvalue weighted by Crippen LogP contribution is 2.26. The molecule has 1 saturated carbocycles. The Morgan fingerprint density at radius 2 is 1.85 bits per heavy atom. The number of hydrogen-bond acceptors (Lipinski definition) is 4. The van der Waals surface area contributed by atoms with Gasteiger partial charge in [-0.3, -0.25) is 4.79 Å². The summed E-state index contributed by atoms with van der Waals surface area (Å²) < 4.78 is 33.2. The number of nitrogens with one attached hydrogen (secondary N) is 2. The van der Waals surface area contributed by atoms with Crippen molar-refractivity contribution < 1.29 is 17.9 Å². The van der Waals surface area contributed by atoms with Crippen LogP contribution in [0.2, 0.25) is 0 Å². The molecule has 2 aromatic rings. The molecule has 0 heterocycles. The van der Waals surface area contributed by atoms with Crippen molar-refractivity contribution >= 4 is 21.6 Å². The first-order chi connectivity index (χ1) is 12.9. The maximum atomic E-state index is 12.6. The van der Waals surface area contributed by atoms with Gasteiger partial charge in [0, 0.05) is 11.6 Å². The van der Waals surface area contributed by atoms with Crippen LogP contribution in [0.25, 0.3) is 0 Å². The lowest BCUT2D eigenvalue weighted by Gasteiger charge is -2.14. The number of ether oxygens (including phenoxy) is 1. The van der Waals surface area contributed by atoms with Crippen molar-refractivity contribution in [1.82, 2.24) is 4.72 Å². The Balaban J connectivity index is 1.80. The molecular formula is C20H24N2O4S. The van der Waals surface area contributed by atoms with E-state index in [1.165, 1.54) is 19.2 Å². The third kappa shape index (κ3) is 4.67. The first kappa shape index (κ1) is 19.4. The third-order valence-corrected chi connectivity index (χ3v) is 6.20. The van der Waals surface area contributed by atoms with Crippen LogP contribution >= 0.6 is 0 Å². The van der Waals surface area contributed by atoms with E-state index in [1.807, 2.05) is 13.0 Å². The number of methoxy groups -OCH3 is 1. The van der Waals surface area contributed by atoms with Gasteiger partial charge in [-0.05, 0) is 55.7 Å². The fraction of sp³-hybridized carbons (Fsp3) is 0.350. The minimum Gasteiger partial charge on any atom is -0.495 e. The second kappa shape index (κ2) is 8.10. The van der Waals surface area contributed by atoms with Crippen molar-refractivity contribution in [2.75, 3.05) is 12.4 Å². The van der Waals surface area contributed by atoms with Gasteiger partial charge in [0.05, 0.1) is 17.7 Å². The molecule has 0 radical (unpaired) electrons. The molecule has 2 aromatic carbocycles. The van der Waals surface area contributed by atoms with Crippen molar-refractivity contribution in [3.8, 4) is 5.75 Å². The molecular weight excluding hydrogens is 364 g/mol. The van der Waals surface area contributed by atoms with E-state index in [4.69, 9.17) is 4.74 Å². The first-order valence-corrected chi connectivity index (χ1v) is 10.5. The normalized spacial score (nSPS) is 14.9. The van der Waals surface area contributed by atoms with Crippen molar-refractivity contribution in [3.05, 3.63) is 53.6 Å². The van der Waals surface area contributed by atoms with Gasteiger partial charge in [0.25, 0.3) is 5.91 Å². The number of carbonyl (C=O) groups is 1. The van der Waals surface area contributed by atoms with E-state index >= 15 is 0 Å². The fourth-order valence-electron chi connectivity index (χ4n) is 3.25. The number of anilines is 1. The Bertz CT molecular complexity index is 935. The lowest BCUT2D eigenvalue weighted by molar-refractivity contribution is 0.102. The highest BCUT2D eigenvalue weighted by molar-refractivity contribution is 7.89. The maximum Gasteiger partial charge on any atom is 0.255 e. The van der Waals surface area contributed by atoms with Crippen molar-refractivity contribution in [2.45, 2.75) is 43.5 Å². The molecule has 0 atom stereocenters. The lowest BCUT2D eigenvalue weighted by Crippen LogP contribution is -2.32. The number of hydrogen-bond donors (Lipinski definition) is 2. The summed E-state index contributed by atoms with van der Waals surface area (Å²) in [6, 6.07) is 11.5. The van der Waals surface area contributed by atoms with Gasteiger partial charge in [-0.15, -0.1) is 0 Å². The zero-order chi connectivity index (χ0) is 19.4. The fourth-order valence-corrected chi connectivity index (χ4v) is 4.60. The minimum atomic E-state index is -3.65. The van der Waals surface area contributed by atoms with Crippen LogP contribution in [0.1, 0.15) is 41.6 Å². The summed E-state index contributed by atoms with van der Waals surface area (Å²) in [4.78, 5) is 12.7. The summed E-state index contributed by atoms with van der Waals surface area (Å²) in [5.74, 6) is 0.150. The molecule has 2 N–H and O–H groups in total. The van der Waals surface area contributed by atoms with Crippen LogP contribution in [0.5, 0.6) is 5.75 Å². The van der Waals surface area contributed by atoms with Gasteiger partial charge in [0.1, 0.15) is 5.75 Å². The summed E-state index contributed by atoms with van der Waals surface area (Å²) >= 11 is 0. The Morgan fingerprint density at radius 3 is 2.56 bits per heavy atom. The minimum absolute atomic E-state index is 0.0240. The summed E-state index contributed by atoms with van der Waals surface area (Å²) in [6.07, 6.45) is 3.78. The van der Waals surface area contributed by atoms with E-state index < -0.39 is 15.9 Å². The van der Waals surface area contributed by atoms with Crippen molar-refractivity contribution in [2.24, 2.45) is 0 Å². The Kier molecular flexibility index (Phi) is 5.82. The molecule has 0 aliphatic heterocycles. The van der Waals surface area contributed by atoms with E-state index in [0.717, 1.165) is 31.2 Å². The molecule has 1 aliphatic carbocycles. The number of rotatable bonds is 6. The molecule has 7 heteroatoms. The van der Waals surface area contributed by atoms with Crippen LogP contribution in [-0.2, 0) is 10.0 Å². The quantitative estimate of drug-likeness (QED) is 0.793. The standard InChI is InChI=1S/C20H24N2O4S/c1-14-10-11-19(26-2)18(12-14)21-20(23)15-6-5-9-17(13-15)27(24,25)22-16-7-3-4-8-16/h5-6,9-13,16,22H,3-4,7-8H2,1-2H3,(H,21,23). The average molecular weight is 388 g/mol. The summed E-state index contributed by atoms with van der Waals surface area (Å²) in [7, 11) is -2.12. The molecule has 144 valence electrons. The molecule has 3 rings (SSSR count). The topological polar surface area (TPSA) is 84.5 Å². The molecule has 0 bridgehead atoms. The van der Waals surface area contributed by atoms with E-state index in [2.05, 4.69) is 10.0 Å². The zero-order valence-corrected chi connectivity index (χ0v) is 16.3. The molecule has 0 spiro atoms. The van der Waals surface area contributed by atoms with Crippen molar-refractivity contribution in [1.29, 1.82) is 0 Å². The lowest BCUT2D eigenvalue weighted by atomic mass is 10.1. The largest absolute Gasteiger partial charge is 0.495 e. The second-order valence-electron chi connectivity index (χ2n) is 6.79. The second-order valence-corrected chi connectivity index (χ2v) is 8.50. The number of amides is 1. The predicted molar refractivity (Wildman–Crippen MR) is 105 cm³/mol. The summed E-state index contributed by atoms with van der Waals surface area (Å²) in [5, 5.41) is 2.79. The highest BCUT2D eigenvalue weighted by Gasteiger charge is 2.23. The molecule has 6 nitrogen and oxygen atoms in total. The highest BCUT2D eigenvalue weighted by atomic mass is 32.2. The van der Waals surface area contributed by atoms with Gasteiger partial charge in [0.2, 0.25) is 10.0 Å². The smallest absolute Gasteiger partial charge is 0.255 e. The van der Waals surface area contributed by atoms with E-state index in [0.29, 0.717) is 11.4 Å². The van der Waals surface area contributed by atoms with Crippen LogP contribution in [0.4, 0.5) is 5.69 Å². The van der Waals surface area contributed by atoms with Gasteiger partial charge in [-0.25, -0.2) is 13.1 Å². The van der Waals surface area contributed by atoms with E-state index in [-0.39, 0.29) is 16.5 Å². The third-order valence-electron chi connectivity index (χ3n) is 4.69. The van der Waals surface area contributed by atoms with Gasteiger partial charge in [-0.1, -0.05) is 25.0 Å². The predicted octanol–water partition coefficient (Wildman–Crippen LogP) is 3.48.